The van der Waals surface area contributed by atoms with Crippen molar-refractivity contribution in [2.75, 3.05) is 7.11 Å². The van der Waals surface area contributed by atoms with Gasteiger partial charge in [0.05, 0.1) is 23.5 Å². The molecular weight excluding hydrogens is 274 g/mol. The van der Waals surface area contributed by atoms with Crippen LogP contribution in [0.25, 0.3) is 0 Å². The number of nitro groups is 1. The first-order valence-corrected chi connectivity index (χ1v) is 7.09. The second kappa shape index (κ2) is 5.02. The summed E-state index contributed by atoms with van der Waals surface area (Å²) in [6.45, 7) is 0. The van der Waals surface area contributed by atoms with Gasteiger partial charge in [-0.25, -0.2) is 0 Å². The predicted molar refractivity (Wildman–Crippen MR) is 74.6 cm³/mol. The molecule has 0 N–H and O–H groups in total. The summed E-state index contributed by atoms with van der Waals surface area (Å²) in [6, 6.07) is 4.54. The highest BCUT2D eigenvalue weighted by atomic mass is 16.6. The Kier molecular flexibility index (Phi) is 3.31. The lowest BCUT2D eigenvalue weighted by Gasteiger charge is -2.44. The number of ketones is 1. The van der Waals surface area contributed by atoms with Gasteiger partial charge in [0.15, 0.2) is 5.75 Å². The first kappa shape index (κ1) is 13.9. The van der Waals surface area contributed by atoms with E-state index in [9.17, 15) is 14.9 Å². The topological polar surface area (TPSA) is 78.7 Å². The first-order valence-electron chi connectivity index (χ1n) is 7.09. The molecule has 2 aliphatic rings. The molecule has 3 rings (SSSR count). The third-order valence-corrected chi connectivity index (χ3v) is 4.66. The van der Waals surface area contributed by atoms with Crippen molar-refractivity contribution in [2.45, 2.75) is 38.2 Å². The van der Waals surface area contributed by atoms with E-state index in [1.165, 1.54) is 19.2 Å². The fourth-order valence-electron chi connectivity index (χ4n) is 3.43. The monoisotopic (exact) mass is 291 g/mol. The summed E-state index contributed by atoms with van der Waals surface area (Å²) in [5, 5.41) is 11.0. The van der Waals surface area contributed by atoms with Crippen LogP contribution in [0.5, 0.6) is 11.5 Å². The molecule has 2 aliphatic carbocycles. The predicted octanol–water partition coefficient (Wildman–Crippen LogP) is 2.88. The van der Waals surface area contributed by atoms with Crippen molar-refractivity contribution in [2.24, 2.45) is 5.41 Å². The van der Waals surface area contributed by atoms with Gasteiger partial charge < -0.3 is 9.47 Å². The zero-order valence-electron chi connectivity index (χ0n) is 11.8. The summed E-state index contributed by atoms with van der Waals surface area (Å²) in [4.78, 5) is 22.4. The van der Waals surface area contributed by atoms with E-state index >= 15 is 0 Å². The standard InChI is InChI=1S/C15H17NO5/c1-20-12-5-4-10(8-11(12)16(18)19)21-14-9-13(17)15(14)6-2-3-7-15/h4-5,8,14H,2-3,6-7,9H2,1H3. The average Bonchev–Trinajstić information content (AvgIpc) is 2.99. The van der Waals surface area contributed by atoms with Gasteiger partial charge in [-0.05, 0) is 25.0 Å². The molecule has 1 unspecified atom stereocenters. The van der Waals surface area contributed by atoms with Crippen LogP contribution in [0.4, 0.5) is 5.69 Å². The minimum atomic E-state index is -0.497. The van der Waals surface area contributed by atoms with Crippen molar-refractivity contribution in [1.82, 2.24) is 0 Å². The molecule has 0 aromatic heterocycles. The number of ether oxygens (including phenoxy) is 2. The van der Waals surface area contributed by atoms with Crippen LogP contribution in [0.2, 0.25) is 0 Å². The van der Waals surface area contributed by atoms with Crippen LogP contribution >= 0.6 is 0 Å². The number of Topliss-reactive ketones (excluding diaryl/α,β-unsaturated/α-hetero) is 1. The van der Waals surface area contributed by atoms with Crippen LogP contribution in [0.15, 0.2) is 18.2 Å². The molecular formula is C15H17NO5. The van der Waals surface area contributed by atoms with Gasteiger partial charge in [-0.15, -0.1) is 0 Å². The lowest BCUT2D eigenvalue weighted by molar-refractivity contribution is -0.385. The van der Waals surface area contributed by atoms with Gasteiger partial charge >= 0.3 is 5.69 Å². The van der Waals surface area contributed by atoms with Gasteiger partial charge in [-0.2, -0.15) is 0 Å². The minimum Gasteiger partial charge on any atom is -0.490 e. The largest absolute Gasteiger partial charge is 0.490 e. The maximum atomic E-state index is 11.9. The van der Waals surface area contributed by atoms with Crippen LogP contribution in [-0.2, 0) is 4.79 Å². The molecule has 2 fully saturated rings. The maximum absolute atomic E-state index is 11.9. The number of hydrogen-bond acceptors (Lipinski definition) is 5. The van der Waals surface area contributed by atoms with Crippen LogP contribution in [0.1, 0.15) is 32.1 Å². The van der Waals surface area contributed by atoms with Crippen molar-refractivity contribution >= 4 is 11.5 Å². The Balaban J connectivity index is 1.81. The third kappa shape index (κ3) is 2.14. The van der Waals surface area contributed by atoms with Gasteiger partial charge in [0, 0.05) is 6.42 Å². The second-order valence-electron chi connectivity index (χ2n) is 5.69. The summed E-state index contributed by atoms with van der Waals surface area (Å²) in [5.74, 6) is 0.895. The first-order chi connectivity index (χ1) is 10.1. The normalized spacial score (nSPS) is 22.9. The lowest BCUT2D eigenvalue weighted by Crippen LogP contribution is -2.55. The number of hydrogen-bond donors (Lipinski definition) is 0. The van der Waals surface area contributed by atoms with E-state index in [4.69, 9.17) is 9.47 Å². The number of carbonyl (C=O) groups is 1. The van der Waals surface area contributed by atoms with E-state index in [1.54, 1.807) is 6.07 Å². The Morgan fingerprint density at radius 1 is 1.33 bits per heavy atom. The second-order valence-corrected chi connectivity index (χ2v) is 5.69. The SMILES string of the molecule is COc1ccc(OC2CC(=O)C23CCCC3)cc1[N+](=O)[O-]. The number of nitro benzene ring substituents is 1. The lowest BCUT2D eigenvalue weighted by atomic mass is 9.63. The number of rotatable bonds is 4. The number of nitrogens with zero attached hydrogens (tertiary/aromatic N) is 1. The zero-order valence-corrected chi connectivity index (χ0v) is 11.8. The number of methoxy groups -OCH3 is 1. The Labute approximate surface area is 122 Å². The van der Waals surface area contributed by atoms with E-state index in [2.05, 4.69) is 0 Å². The van der Waals surface area contributed by atoms with Gasteiger partial charge in [0.1, 0.15) is 17.6 Å². The van der Waals surface area contributed by atoms with Crippen LogP contribution in [0, 0.1) is 15.5 Å². The van der Waals surface area contributed by atoms with Gasteiger partial charge in [0.25, 0.3) is 0 Å². The Hall–Kier alpha value is -2.11. The molecule has 6 heteroatoms. The minimum absolute atomic E-state index is 0.124. The quantitative estimate of drug-likeness (QED) is 0.629. The molecule has 1 aromatic rings. The molecule has 0 saturated heterocycles. The molecule has 1 atom stereocenters. The van der Waals surface area contributed by atoms with E-state index in [0.717, 1.165) is 25.7 Å². The van der Waals surface area contributed by atoms with E-state index < -0.39 is 4.92 Å². The van der Waals surface area contributed by atoms with Crippen molar-refractivity contribution in [3.8, 4) is 11.5 Å². The Bertz CT molecular complexity index is 592. The van der Waals surface area contributed by atoms with Gasteiger partial charge in [-0.3, -0.25) is 14.9 Å². The molecule has 6 nitrogen and oxygen atoms in total. The fraction of sp³-hybridized carbons (Fsp3) is 0.533. The van der Waals surface area contributed by atoms with Crippen LogP contribution in [0.3, 0.4) is 0 Å². The van der Waals surface area contributed by atoms with Gasteiger partial charge in [0.2, 0.25) is 0 Å². The Morgan fingerprint density at radius 2 is 2.05 bits per heavy atom. The molecule has 0 heterocycles. The summed E-state index contributed by atoms with van der Waals surface area (Å²) in [5.41, 5.74) is -0.463. The molecule has 1 aromatic carbocycles. The van der Waals surface area contributed by atoms with E-state index in [1.807, 2.05) is 0 Å². The molecule has 112 valence electrons. The summed E-state index contributed by atoms with van der Waals surface area (Å²) < 4.78 is 10.8. The van der Waals surface area contributed by atoms with Crippen molar-refractivity contribution in [3.05, 3.63) is 28.3 Å². The third-order valence-electron chi connectivity index (χ3n) is 4.66. The maximum Gasteiger partial charge on any atom is 0.314 e. The van der Waals surface area contributed by atoms with E-state index in [0.29, 0.717) is 12.2 Å². The summed E-state index contributed by atoms with van der Waals surface area (Å²) in [6.07, 6.45) is 4.09. The van der Waals surface area contributed by atoms with Crippen LogP contribution in [-0.4, -0.2) is 23.9 Å². The average molecular weight is 291 g/mol. The van der Waals surface area contributed by atoms with Crippen molar-refractivity contribution in [3.63, 3.8) is 0 Å². The summed E-state index contributed by atoms with van der Waals surface area (Å²) in [7, 11) is 1.39. The number of carbonyl (C=O) groups excluding carboxylic acids is 1. The Morgan fingerprint density at radius 3 is 2.62 bits per heavy atom. The van der Waals surface area contributed by atoms with Crippen molar-refractivity contribution < 1.29 is 19.2 Å². The molecule has 0 amide bonds. The molecule has 0 aliphatic heterocycles. The summed E-state index contributed by atoms with van der Waals surface area (Å²) >= 11 is 0. The highest BCUT2D eigenvalue weighted by Gasteiger charge is 2.57. The number of benzene rings is 1. The van der Waals surface area contributed by atoms with Crippen LogP contribution < -0.4 is 9.47 Å². The smallest absolute Gasteiger partial charge is 0.314 e. The van der Waals surface area contributed by atoms with Gasteiger partial charge in [-0.1, -0.05) is 12.8 Å². The highest BCUT2D eigenvalue weighted by Crippen LogP contribution is 2.52. The molecule has 2 saturated carbocycles. The van der Waals surface area contributed by atoms with E-state index in [-0.39, 0.29) is 28.7 Å². The molecule has 1 spiro atoms. The highest BCUT2D eigenvalue weighted by molar-refractivity contribution is 5.92. The fourth-order valence-corrected chi connectivity index (χ4v) is 3.43. The molecule has 0 bridgehead atoms. The van der Waals surface area contributed by atoms with Crippen molar-refractivity contribution in [1.29, 1.82) is 0 Å². The molecule has 0 radical (unpaired) electrons. The molecule has 21 heavy (non-hydrogen) atoms. The zero-order chi connectivity index (χ0) is 15.0.